The van der Waals surface area contributed by atoms with Gasteiger partial charge < -0.3 is 25.8 Å². The number of hydrogen-bond donors (Lipinski definition) is 3. The zero-order valence-corrected chi connectivity index (χ0v) is 30.3. The number of benzene rings is 4. The van der Waals surface area contributed by atoms with Crippen LogP contribution in [0.25, 0.3) is 32.7 Å². The Labute approximate surface area is 304 Å². The summed E-state index contributed by atoms with van der Waals surface area (Å²) >= 11 is 0. The standard InChI is InChI=1S/C20H22N4O3.C20H24N2O3/c1-4-14-5-7-15(8-6-14)16-9-11-17(12-10-16)19(25)22-18(20(26)27-3)13(2)23-24-21;1-4-14-5-7-15(8-6-14)16-9-11-17(12-10-16)19(23)22-18(13(2)21)20(24)25-3/h5-13,18H,4H2,1-3H3,(H,22,25);5-13,18H,4,21H2,1-3H3,(H,22,23)/t2*13-,18+/m11/s1. The largest absolute Gasteiger partial charge is 0.467 e. The molecule has 0 spiro atoms. The van der Waals surface area contributed by atoms with E-state index < -0.39 is 42.0 Å². The minimum absolute atomic E-state index is 0.361. The van der Waals surface area contributed by atoms with Crippen LogP contribution in [0.2, 0.25) is 0 Å². The van der Waals surface area contributed by atoms with Crippen LogP contribution < -0.4 is 16.4 Å². The summed E-state index contributed by atoms with van der Waals surface area (Å²) in [5.41, 5.74) is 21.9. The molecule has 12 nitrogen and oxygen atoms in total. The van der Waals surface area contributed by atoms with Gasteiger partial charge in [-0.3, -0.25) is 9.59 Å². The molecule has 4 atom stereocenters. The summed E-state index contributed by atoms with van der Waals surface area (Å²) in [7, 11) is 2.48. The number of amides is 2. The highest BCUT2D eigenvalue weighted by Crippen LogP contribution is 2.22. The number of nitrogens with zero attached hydrogens (tertiary/aromatic N) is 3. The molecule has 0 bridgehead atoms. The van der Waals surface area contributed by atoms with Gasteiger partial charge in [-0.25, -0.2) is 9.59 Å². The lowest BCUT2D eigenvalue weighted by Gasteiger charge is -2.19. The van der Waals surface area contributed by atoms with E-state index in [2.05, 4.69) is 80.4 Å². The van der Waals surface area contributed by atoms with Crippen molar-refractivity contribution in [2.24, 2.45) is 10.8 Å². The second-order valence-corrected chi connectivity index (χ2v) is 12.0. The van der Waals surface area contributed by atoms with E-state index in [0.29, 0.717) is 11.1 Å². The SMILES string of the molecule is CCc1ccc(-c2ccc(C(=O)N[C@H](C(=O)OC)[C@@H](C)N)cc2)cc1.CCc1ccc(-c2ccc(C(=O)N[C@H](C(=O)OC)[C@@H](C)N=[N+]=[N-])cc2)cc1. The number of hydrogen-bond acceptors (Lipinski definition) is 8. The van der Waals surface area contributed by atoms with Crippen molar-refractivity contribution in [3.05, 3.63) is 130 Å². The number of azide groups is 1. The first-order valence-corrected chi connectivity index (χ1v) is 16.9. The van der Waals surface area contributed by atoms with Crippen molar-refractivity contribution >= 4 is 23.8 Å². The highest BCUT2D eigenvalue weighted by Gasteiger charge is 2.28. The van der Waals surface area contributed by atoms with Crippen molar-refractivity contribution in [1.29, 1.82) is 0 Å². The molecule has 0 radical (unpaired) electrons. The molecule has 0 unspecified atom stereocenters. The maximum atomic E-state index is 12.5. The molecule has 0 saturated heterocycles. The van der Waals surface area contributed by atoms with Crippen LogP contribution in [0.3, 0.4) is 0 Å². The molecule has 0 aliphatic rings. The van der Waals surface area contributed by atoms with Gasteiger partial charge in [0, 0.05) is 22.1 Å². The molecular weight excluding hydrogens is 660 g/mol. The minimum atomic E-state index is -1.06. The molecule has 4 N–H and O–H groups in total. The van der Waals surface area contributed by atoms with Crippen LogP contribution in [-0.4, -0.2) is 62.1 Å². The van der Waals surface area contributed by atoms with Crippen molar-refractivity contribution in [2.75, 3.05) is 14.2 Å². The lowest BCUT2D eigenvalue weighted by atomic mass is 10.0. The number of esters is 2. The topological polar surface area (TPSA) is 186 Å². The summed E-state index contributed by atoms with van der Waals surface area (Å²) in [5, 5.41) is 8.66. The van der Waals surface area contributed by atoms with E-state index in [4.69, 9.17) is 11.3 Å². The number of nitrogens with two attached hydrogens (primary N) is 1. The number of nitrogens with one attached hydrogen (secondary N) is 2. The van der Waals surface area contributed by atoms with Crippen molar-refractivity contribution < 1.29 is 28.7 Å². The molecule has 0 fully saturated rings. The van der Waals surface area contributed by atoms with E-state index in [1.165, 1.54) is 32.3 Å². The molecule has 0 saturated carbocycles. The quantitative estimate of drug-likeness (QED) is 0.0619. The Hall–Kier alpha value is -5.97. The van der Waals surface area contributed by atoms with Crippen molar-refractivity contribution in [2.45, 2.75) is 64.7 Å². The molecule has 4 aromatic carbocycles. The van der Waals surface area contributed by atoms with Gasteiger partial charge in [0.25, 0.3) is 11.8 Å². The zero-order chi connectivity index (χ0) is 38.2. The Kier molecular flexibility index (Phi) is 15.6. The summed E-state index contributed by atoms with van der Waals surface area (Å²) in [4.78, 5) is 51.0. The summed E-state index contributed by atoms with van der Waals surface area (Å²) < 4.78 is 9.35. The lowest BCUT2D eigenvalue weighted by Crippen LogP contribution is -2.51. The number of methoxy groups -OCH3 is 2. The van der Waals surface area contributed by atoms with Gasteiger partial charge in [0.2, 0.25) is 0 Å². The van der Waals surface area contributed by atoms with Gasteiger partial charge >= 0.3 is 11.9 Å². The third-order valence-electron chi connectivity index (χ3n) is 8.41. The average Bonchev–Trinajstić information content (AvgIpc) is 3.18. The Morgan fingerprint density at radius 1 is 0.635 bits per heavy atom. The molecule has 52 heavy (non-hydrogen) atoms. The van der Waals surface area contributed by atoms with E-state index in [1.807, 2.05) is 36.4 Å². The monoisotopic (exact) mass is 706 g/mol. The average molecular weight is 707 g/mol. The Morgan fingerprint density at radius 2 is 0.962 bits per heavy atom. The summed E-state index contributed by atoms with van der Waals surface area (Å²) in [5.74, 6) is -2.04. The first-order valence-electron chi connectivity index (χ1n) is 16.9. The molecule has 2 amide bonds. The van der Waals surface area contributed by atoms with Crippen molar-refractivity contribution in [3.8, 4) is 22.3 Å². The van der Waals surface area contributed by atoms with Gasteiger partial charge in [0.1, 0.15) is 12.1 Å². The number of aryl methyl sites for hydroxylation is 2. The molecule has 0 heterocycles. The smallest absolute Gasteiger partial charge is 0.329 e. The first-order chi connectivity index (χ1) is 24.9. The van der Waals surface area contributed by atoms with Gasteiger partial charge in [-0.05, 0) is 82.9 Å². The number of carbonyl (C=O) groups excluding carboxylic acids is 4. The van der Waals surface area contributed by atoms with Gasteiger partial charge in [0.05, 0.1) is 20.3 Å². The normalized spacial score (nSPS) is 12.7. The van der Waals surface area contributed by atoms with Gasteiger partial charge in [-0.15, -0.1) is 0 Å². The van der Waals surface area contributed by atoms with E-state index in [0.717, 1.165) is 35.1 Å². The van der Waals surface area contributed by atoms with E-state index >= 15 is 0 Å². The van der Waals surface area contributed by atoms with Crippen LogP contribution in [-0.2, 0) is 31.9 Å². The highest BCUT2D eigenvalue weighted by atomic mass is 16.5. The fraction of sp³-hybridized carbons (Fsp3) is 0.300. The van der Waals surface area contributed by atoms with Crippen LogP contribution in [0.15, 0.2) is 102 Å². The van der Waals surface area contributed by atoms with Crippen molar-refractivity contribution in [3.63, 3.8) is 0 Å². The maximum absolute atomic E-state index is 12.5. The fourth-order valence-corrected chi connectivity index (χ4v) is 5.13. The zero-order valence-electron chi connectivity index (χ0n) is 30.3. The molecular formula is C40H46N6O6. The maximum Gasteiger partial charge on any atom is 0.329 e. The number of carbonyl (C=O) groups is 4. The third-order valence-corrected chi connectivity index (χ3v) is 8.41. The van der Waals surface area contributed by atoms with Crippen LogP contribution in [0.4, 0.5) is 0 Å². The number of rotatable bonds is 13. The van der Waals surface area contributed by atoms with Crippen molar-refractivity contribution in [1.82, 2.24) is 10.6 Å². The Balaban J connectivity index is 0.000000281. The second-order valence-electron chi connectivity index (χ2n) is 12.0. The van der Waals surface area contributed by atoms with E-state index in [-0.39, 0.29) is 5.91 Å². The fourth-order valence-electron chi connectivity index (χ4n) is 5.13. The van der Waals surface area contributed by atoms with Crippen LogP contribution >= 0.6 is 0 Å². The summed E-state index contributed by atoms with van der Waals surface area (Å²) in [6.45, 7) is 7.40. The molecule has 0 aromatic heterocycles. The lowest BCUT2D eigenvalue weighted by molar-refractivity contribution is -0.144. The Morgan fingerprint density at radius 3 is 1.27 bits per heavy atom. The van der Waals surface area contributed by atoms with Gasteiger partial charge in [0.15, 0.2) is 0 Å². The first kappa shape index (κ1) is 40.5. The summed E-state index contributed by atoms with van der Waals surface area (Å²) in [6.07, 6.45) is 1.98. The molecule has 0 aliphatic heterocycles. The predicted octanol–water partition coefficient (Wildman–Crippen LogP) is 6.42. The minimum Gasteiger partial charge on any atom is -0.467 e. The van der Waals surface area contributed by atoms with Gasteiger partial charge in [-0.2, -0.15) is 0 Å². The summed E-state index contributed by atoms with van der Waals surface area (Å²) in [6, 6.07) is 27.6. The van der Waals surface area contributed by atoms with Gasteiger partial charge in [-0.1, -0.05) is 98.7 Å². The predicted molar refractivity (Wildman–Crippen MR) is 201 cm³/mol. The third kappa shape index (κ3) is 11.3. The van der Waals surface area contributed by atoms with Crippen LogP contribution in [0, 0.1) is 0 Å². The highest BCUT2D eigenvalue weighted by molar-refractivity contribution is 5.98. The van der Waals surface area contributed by atoms with E-state index in [9.17, 15) is 19.2 Å². The molecule has 0 aliphatic carbocycles. The Bertz CT molecular complexity index is 1840. The van der Waals surface area contributed by atoms with E-state index in [1.54, 1.807) is 31.2 Å². The second kappa shape index (κ2) is 20.0. The molecule has 272 valence electrons. The van der Waals surface area contributed by atoms with Crippen LogP contribution in [0.5, 0.6) is 0 Å². The van der Waals surface area contributed by atoms with Crippen LogP contribution in [0.1, 0.15) is 59.5 Å². The molecule has 12 heteroatoms. The molecule has 4 aromatic rings. The number of ether oxygens (including phenoxy) is 2. The molecule has 4 rings (SSSR count).